The van der Waals surface area contributed by atoms with Gasteiger partial charge in [-0.2, -0.15) is 9.57 Å². The van der Waals surface area contributed by atoms with Gasteiger partial charge in [-0.05, 0) is 66.8 Å². The molecular formula is C24H23N3O4S2. The zero-order valence-electron chi connectivity index (χ0n) is 18.3. The highest BCUT2D eigenvalue weighted by atomic mass is 32.2. The molecule has 1 amide bonds. The van der Waals surface area contributed by atoms with E-state index in [-0.39, 0.29) is 35.2 Å². The minimum Gasteiger partial charge on any atom is -0.456 e. The summed E-state index contributed by atoms with van der Waals surface area (Å²) in [6.07, 6.45) is 0. The van der Waals surface area contributed by atoms with Crippen LogP contribution in [0.2, 0.25) is 0 Å². The molecule has 9 heteroatoms. The zero-order valence-corrected chi connectivity index (χ0v) is 19.9. The molecular weight excluding hydrogens is 458 g/mol. The van der Waals surface area contributed by atoms with E-state index in [1.165, 1.54) is 33.8 Å². The van der Waals surface area contributed by atoms with Gasteiger partial charge in [0.2, 0.25) is 10.0 Å². The van der Waals surface area contributed by atoms with Crippen molar-refractivity contribution < 1.29 is 17.9 Å². The molecule has 1 fully saturated rings. The van der Waals surface area contributed by atoms with Crippen LogP contribution in [0, 0.1) is 25.2 Å². The number of carbonyl (C=O) groups is 1. The average Bonchev–Trinajstić information content (AvgIpc) is 3.33. The zero-order chi connectivity index (χ0) is 23.6. The molecule has 0 radical (unpaired) electrons. The van der Waals surface area contributed by atoms with Crippen LogP contribution in [0.1, 0.15) is 26.4 Å². The third-order valence-electron chi connectivity index (χ3n) is 5.37. The van der Waals surface area contributed by atoms with Crippen molar-refractivity contribution in [1.82, 2.24) is 9.21 Å². The Morgan fingerprint density at radius 3 is 2.33 bits per heavy atom. The largest absolute Gasteiger partial charge is 0.456 e. The smallest absolute Gasteiger partial charge is 0.264 e. The van der Waals surface area contributed by atoms with Crippen LogP contribution in [0.5, 0.6) is 11.5 Å². The summed E-state index contributed by atoms with van der Waals surface area (Å²) in [6, 6.07) is 15.6. The highest BCUT2D eigenvalue weighted by Gasteiger charge is 2.33. The molecule has 0 N–H and O–H groups in total. The molecule has 2 aromatic carbocycles. The normalized spacial score (nSPS) is 14.6. The van der Waals surface area contributed by atoms with Crippen molar-refractivity contribution in [3.63, 3.8) is 0 Å². The average molecular weight is 482 g/mol. The number of carbonyl (C=O) groups excluding carboxylic acids is 1. The molecule has 2 heterocycles. The number of rotatable bonds is 5. The van der Waals surface area contributed by atoms with Crippen molar-refractivity contribution in [2.45, 2.75) is 18.7 Å². The molecule has 1 aliphatic heterocycles. The molecule has 1 saturated heterocycles. The summed E-state index contributed by atoms with van der Waals surface area (Å²) in [5.74, 6) is 0.600. The van der Waals surface area contributed by atoms with Crippen LogP contribution in [0.15, 0.2) is 58.8 Å². The molecule has 0 aliphatic carbocycles. The minimum absolute atomic E-state index is 0.0567. The first kappa shape index (κ1) is 23.0. The number of hydrogen-bond acceptors (Lipinski definition) is 6. The van der Waals surface area contributed by atoms with Crippen LogP contribution in [0.25, 0.3) is 0 Å². The molecule has 170 valence electrons. The van der Waals surface area contributed by atoms with E-state index in [0.717, 1.165) is 11.1 Å². The van der Waals surface area contributed by atoms with Crippen LogP contribution in [0.4, 0.5) is 0 Å². The van der Waals surface area contributed by atoms with E-state index >= 15 is 0 Å². The lowest BCUT2D eigenvalue weighted by molar-refractivity contribution is 0.0702. The van der Waals surface area contributed by atoms with E-state index in [1.807, 2.05) is 49.6 Å². The van der Waals surface area contributed by atoms with Crippen molar-refractivity contribution >= 4 is 27.3 Å². The Labute approximate surface area is 197 Å². The number of piperazine rings is 1. The molecule has 1 aromatic heterocycles. The minimum atomic E-state index is -3.95. The van der Waals surface area contributed by atoms with E-state index in [2.05, 4.69) is 0 Å². The van der Waals surface area contributed by atoms with Gasteiger partial charge in [-0.25, -0.2) is 8.42 Å². The number of sulfonamides is 1. The second-order valence-corrected chi connectivity index (χ2v) is 10.7. The first-order valence-corrected chi connectivity index (χ1v) is 12.7. The Bertz CT molecular complexity index is 1300. The van der Waals surface area contributed by atoms with Gasteiger partial charge >= 0.3 is 0 Å². The number of aryl methyl sites for hydroxylation is 2. The maximum absolute atomic E-state index is 13.5. The van der Waals surface area contributed by atoms with Gasteiger partial charge in [-0.15, -0.1) is 11.3 Å². The van der Waals surface area contributed by atoms with Crippen LogP contribution < -0.4 is 4.74 Å². The molecule has 1 aliphatic rings. The van der Waals surface area contributed by atoms with Crippen LogP contribution in [-0.2, 0) is 10.0 Å². The van der Waals surface area contributed by atoms with Crippen LogP contribution in [0.3, 0.4) is 0 Å². The topological polar surface area (TPSA) is 90.7 Å². The van der Waals surface area contributed by atoms with Crippen molar-refractivity contribution in [2.75, 3.05) is 26.2 Å². The monoisotopic (exact) mass is 481 g/mol. The van der Waals surface area contributed by atoms with Crippen molar-refractivity contribution in [1.29, 1.82) is 5.26 Å². The fraction of sp³-hybridized carbons (Fsp3) is 0.250. The fourth-order valence-electron chi connectivity index (χ4n) is 3.81. The number of thiophene rings is 1. The van der Waals surface area contributed by atoms with Crippen LogP contribution in [-0.4, -0.2) is 49.7 Å². The third kappa shape index (κ3) is 4.93. The van der Waals surface area contributed by atoms with Crippen molar-refractivity contribution in [3.05, 3.63) is 75.5 Å². The van der Waals surface area contributed by atoms with Gasteiger partial charge in [-0.3, -0.25) is 4.79 Å². The second-order valence-electron chi connectivity index (χ2n) is 7.87. The Morgan fingerprint density at radius 1 is 1.03 bits per heavy atom. The number of hydrogen-bond donors (Lipinski definition) is 0. The summed E-state index contributed by atoms with van der Waals surface area (Å²) in [4.78, 5) is 14.8. The summed E-state index contributed by atoms with van der Waals surface area (Å²) < 4.78 is 34.4. The Morgan fingerprint density at radius 2 is 1.73 bits per heavy atom. The second kappa shape index (κ2) is 9.35. The first-order valence-electron chi connectivity index (χ1n) is 10.4. The van der Waals surface area contributed by atoms with E-state index in [0.29, 0.717) is 23.7 Å². The van der Waals surface area contributed by atoms with Gasteiger partial charge in [0.25, 0.3) is 5.91 Å². The van der Waals surface area contributed by atoms with Gasteiger partial charge in [0, 0.05) is 26.2 Å². The van der Waals surface area contributed by atoms with Gasteiger partial charge in [0.15, 0.2) is 0 Å². The maximum atomic E-state index is 13.5. The van der Waals surface area contributed by atoms with Crippen molar-refractivity contribution in [2.24, 2.45) is 0 Å². The van der Waals surface area contributed by atoms with Crippen LogP contribution >= 0.6 is 11.3 Å². The lowest BCUT2D eigenvalue weighted by Crippen LogP contribution is -2.50. The Hall–Kier alpha value is -3.19. The molecule has 0 bridgehead atoms. The van der Waals surface area contributed by atoms with E-state index < -0.39 is 10.0 Å². The SMILES string of the molecule is Cc1cc(C)cc(Oc2ccc(C#N)cc2S(=O)(=O)N2CCN(C(=O)c3cccs3)CC2)c1. The van der Waals surface area contributed by atoms with Crippen molar-refractivity contribution in [3.8, 4) is 17.6 Å². The number of nitrogens with zero attached hydrogens (tertiary/aromatic N) is 3. The summed E-state index contributed by atoms with van der Waals surface area (Å²) >= 11 is 1.37. The predicted molar refractivity (Wildman–Crippen MR) is 126 cm³/mol. The number of ether oxygens (including phenoxy) is 1. The molecule has 7 nitrogen and oxygen atoms in total. The Balaban J connectivity index is 1.59. The quantitative estimate of drug-likeness (QED) is 0.545. The first-order chi connectivity index (χ1) is 15.8. The van der Waals surface area contributed by atoms with Gasteiger partial charge in [-0.1, -0.05) is 12.1 Å². The number of amides is 1. The molecule has 0 spiro atoms. The highest BCUT2D eigenvalue weighted by Crippen LogP contribution is 2.33. The number of benzene rings is 2. The summed E-state index contributed by atoms with van der Waals surface area (Å²) in [5.41, 5.74) is 2.22. The predicted octanol–water partition coefficient (Wildman–Crippen LogP) is 4.18. The summed E-state index contributed by atoms with van der Waals surface area (Å²) in [5, 5.41) is 11.2. The fourth-order valence-corrected chi connectivity index (χ4v) is 6.06. The van der Waals surface area contributed by atoms with E-state index in [1.54, 1.807) is 11.0 Å². The van der Waals surface area contributed by atoms with E-state index in [9.17, 15) is 18.5 Å². The molecule has 33 heavy (non-hydrogen) atoms. The molecule has 4 rings (SSSR count). The van der Waals surface area contributed by atoms with Gasteiger partial charge in [0.05, 0.1) is 16.5 Å². The molecule has 0 saturated carbocycles. The van der Waals surface area contributed by atoms with Gasteiger partial charge < -0.3 is 9.64 Å². The number of nitriles is 1. The Kier molecular flexibility index (Phi) is 6.51. The molecule has 0 atom stereocenters. The molecule has 0 unspecified atom stereocenters. The van der Waals surface area contributed by atoms with Gasteiger partial charge in [0.1, 0.15) is 16.4 Å². The highest BCUT2D eigenvalue weighted by molar-refractivity contribution is 7.89. The lowest BCUT2D eigenvalue weighted by atomic mass is 10.1. The third-order valence-corrected chi connectivity index (χ3v) is 8.15. The summed E-state index contributed by atoms with van der Waals surface area (Å²) in [6.45, 7) is 4.79. The summed E-state index contributed by atoms with van der Waals surface area (Å²) in [7, 11) is -3.95. The standard InChI is InChI=1S/C24H23N3O4S2/c1-17-12-18(2)14-20(13-17)31-21-6-5-19(16-25)15-23(21)33(29,30)27-9-7-26(8-10-27)24(28)22-4-3-11-32-22/h3-6,11-15H,7-10H2,1-2H3. The maximum Gasteiger partial charge on any atom is 0.264 e. The lowest BCUT2D eigenvalue weighted by Gasteiger charge is -2.34. The van der Waals surface area contributed by atoms with E-state index in [4.69, 9.17) is 4.74 Å². The molecule has 3 aromatic rings.